The minimum absolute atomic E-state index is 0.0242. The van der Waals surface area contributed by atoms with E-state index in [1.54, 1.807) is 37.6 Å². The molecule has 2 saturated heterocycles. The molecule has 2 aromatic rings. The lowest BCUT2D eigenvalue weighted by atomic mass is 9.95. The average Bonchev–Trinajstić information content (AvgIpc) is 3.96. The first-order valence-corrected chi connectivity index (χ1v) is 17.5. The number of nitriles is 1. The number of carbonyl (C=O) groups is 2. The fourth-order valence-corrected chi connectivity index (χ4v) is 8.79. The fraction of sp³-hybridized carbons (Fsp3) is 0.548. The van der Waals surface area contributed by atoms with Gasteiger partial charge in [0, 0.05) is 58.3 Å². The standard InChI is InChI=1S/C31H36Cl2N6O5S/c1-44-15-14-37-10-12-38(13-11-37)22-3-4-26(24(32)16-22)45(42,43)23-17-25(28(40)36-30(20-34)6-7-30)39(19-23)29(41)31(8-9-31)21-2-5-27(33)35-18-21/h2-5,16,18,23,25H,6-15,17,19H2,1H3,(H,36,40)/t23-,25+/m1/s1. The molecule has 45 heavy (non-hydrogen) atoms. The van der Waals surface area contributed by atoms with E-state index in [0.717, 1.165) is 38.4 Å². The average molecular weight is 676 g/mol. The van der Waals surface area contributed by atoms with E-state index >= 15 is 0 Å². The van der Waals surface area contributed by atoms with Crippen LogP contribution in [-0.2, 0) is 29.6 Å². The molecule has 240 valence electrons. The normalized spacial score (nSPS) is 23.8. The number of benzene rings is 1. The van der Waals surface area contributed by atoms with E-state index in [0.29, 0.717) is 43.0 Å². The van der Waals surface area contributed by atoms with Crippen molar-refractivity contribution in [2.75, 3.05) is 57.9 Å². The fourth-order valence-electron chi connectivity index (χ4n) is 6.44. The number of carbonyl (C=O) groups excluding carboxylic acids is 2. The smallest absolute Gasteiger partial charge is 0.244 e. The van der Waals surface area contributed by atoms with Gasteiger partial charge >= 0.3 is 0 Å². The summed E-state index contributed by atoms with van der Waals surface area (Å²) in [7, 11) is -2.35. The molecule has 2 saturated carbocycles. The first-order valence-electron chi connectivity index (χ1n) is 15.2. The predicted molar refractivity (Wildman–Crippen MR) is 169 cm³/mol. The third kappa shape index (κ3) is 6.25. The third-order valence-electron chi connectivity index (χ3n) is 9.60. The van der Waals surface area contributed by atoms with Crippen LogP contribution in [0.5, 0.6) is 0 Å². The van der Waals surface area contributed by atoms with E-state index in [4.69, 9.17) is 27.9 Å². The Morgan fingerprint density at radius 1 is 1.11 bits per heavy atom. The molecule has 0 unspecified atom stereocenters. The van der Waals surface area contributed by atoms with Crippen molar-refractivity contribution in [2.45, 2.75) is 59.2 Å². The van der Waals surface area contributed by atoms with E-state index < -0.39 is 38.0 Å². The maximum Gasteiger partial charge on any atom is 0.244 e. The molecule has 11 nitrogen and oxygen atoms in total. The van der Waals surface area contributed by atoms with E-state index in [9.17, 15) is 23.3 Å². The van der Waals surface area contributed by atoms with Crippen molar-refractivity contribution < 1.29 is 22.7 Å². The van der Waals surface area contributed by atoms with Gasteiger partial charge in [0.2, 0.25) is 11.8 Å². The number of ether oxygens (including phenoxy) is 1. The van der Waals surface area contributed by atoms with Crippen LogP contribution in [0.1, 0.15) is 37.7 Å². The molecule has 0 spiro atoms. The molecule has 0 bridgehead atoms. The largest absolute Gasteiger partial charge is 0.383 e. The quantitative estimate of drug-likeness (QED) is 0.377. The highest BCUT2D eigenvalue weighted by Gasteiger charge is 2.58. The SMILES string of the molecule is COCCN1CCN(c2ccc(S(=O)(=O)[C@@H]3C[C@@H](C(=O)NC4(C#N)CC4)N(C(=O)C4(c5ccc(Cl)nc5)CC4)C3)c(Cl)c2)CC1. The second-order valence-electron chi connectivity index (χ2n) is 12.4. The number of anilines is 1. The zero-order valence-electron chi connectivity index (χ0n) is 25.0. The second-order valence-corrected chi connectivity index (χ2v) is 15.4. The number of amides is 2. The van der Waals surface area contributed by atoms with Crippen molar-refractivity contribution in [3.63, 3.8) is 0 Å². The van der Waals surface area contributed by atoms with Crippen LogP contribution < -0.4 is 10.2 Å². The number of nitrogens with zero attached hydrogens (tertiary/aromatic N) is 5. The number of hydrogen-bond donors (Lipinski definition) is 1. The van der Waals surface area contributed by atoms with Gasteiger partial charge in [0.05, 0.1) is 33.3 Å². The number of rotatable bonds is 10. The number of aromatic nitrogens is 1. The van der Waals surface area contributed by atoms with Crippen molar-refractivity contribution in [3.8, 4) is 6.07 Å². The van der Waals surface area contributed by atoms with Crippen LogP contribution in [0.15, 0.2) is 41.4 Å². The zero-order valence-corrected chi connectivity index (χ0v) is 27.4. The Morgan fingerprint density at radius 2 is 1.84 bits per heavy atom. The summed E-state index contributed by atoms with van der Waals surface area (Å²) in [5, 5.41) is 11.7. The highest BCUT2D eigenvalue weighted by atomic mass is 35.5. The molecule has 14 heteroatoms. The van der Waals surface area contributed by atoms with Crippen molar-refractivity contribution in [1.29, 1.82) is 5.26 Å². The number of halogens is 2. The molecule has 2 aliphatic carbocycles. The highest BCUT2D eigenvalue weighted by Crippen LogP contribution is 2.51. The van der Waals surface area contributed by atoms with Gasteiger partial charge in [0.25, 0.3) is 0 Å². The Labute approximate surface area is 273 Å². The van der Waals surface area contributed by atoms with Crippen molar-refractivity contribution in [2.24, 2.45) is 0 Å². The molecule has 0 radical (unpaired) electrons. The van der Waals surface area contributed by atoms with Crippen LogP contribution in [0.2, 0.25) is 10.2 Å². The summed E-state index contributed by atoms with van der Waals surface area (Å²) in [5.74, 6) is -0.839. The maximum absolute atomic E-state index is 14.1. The van der Waals surface area contributed by atoms with Crippen LogP contribution in [0.25, 0.3) is 0 Å². The summed E-state index contributed by atoms with van der Waals surface area (Å²) in [4.78, 5) is 37.7. The van der Waals surface area contributed by atoms with Crippen LogP contribution in [0, 0.1) is 11.3 Å². The van der Waals surface area contributed by atoms with Gasteiger partial charge in [-0.2, -0.15) is 5.26 Å². The molecule has 1 aromatic carbocycles. The summed E-state index contributed by atoms with van der Waals surface area (Å²) in [6.07, 6.45) is 3.59. The molecule has 3 heterocycles. The molecule has 2 aliphatic heterocycles. The highest BCUT2D eigenvalue weighted by molar-refractivity contribution is 7.92. The molecule has 2 atom stereocenters. The summed E-state index contributed by atoms with van der Waals surface area (Å²) in [6, 6.07) is 9.42. The van der Waals surface area contributed by atoms with Crippen molar-refractivity contribution >= 4 is 50.5 Å². The van der Waals surface area contributed by atoms with Crippen LogP contribution in [0.4, 0.5) is 5.69 Å². The second kappa shape index (κ2) is 12.3. The van der Waals surface area contributed by atoms with Gasteiger partial charge < -0.3 is 19.9 Å². The number of nitrogens with one attached hydrogen (secondary N) is 1. The summed E-state index contributed by atoms with van der Waals surface area (Å²) < 4.78 is 33.3. The zero-order chi connectivity index (χ0) is 32.0. The van der Waals surface area contributed by atoms with Crippen molar-refractivity contribution in [1.82, 2.24) is 20.1 Å². The van der Waals surface area contributed by atoms with Crippen molar-refractivity contribution in [3.05, 3.63) is 52.3 Å². The minimum atomic E-state index is -4.04. The Morgan fingerprint density at radius 3 is 2.42 bits per heavy atom. The lowest BCUT2D eigenvalue weighted by Crippen LogP contribution is -2.51. The summed E-state index contributed by atoms with van der Waals surface area (Å²) in [5.41, 5.74) is -0.344. The van der Waals surface area contributed by atoms with Gasteiger partial charge in [-0.25, -0.2) is 13.4 Å². The summed E-state index contributed by atoms with van der Waals surface area (Å²) in [6.45, 7) is 4.63. The summed E-state index contributed by atoms with van der Waals surface area (Å²) >= 11 is 12.6. The number of methoxy groups -OCH3 is 1. The van der Waals surface area contributed by atoms with E-state index in [1.165, 1.54) is 11.0 Å². The van der Waals surface area contributed by atoms with Crippen LogP contribution in [0.3, 0.4) is 0 Å². The lowest BCUT2D eigenvalue weighted by molar-refractivity contribution is -0.140. The number of hydrogen-bond acceptors (Lipinski definition) is 9. The number of piperazine rings is 1. The molecular weight excluding hydrogens is 639 g/mol. The molecule has 1 aromatic heterocycles. The number of likely N-dealkylation sites (tertiary alicyclic amines) is 1. The Hall–Kier alpha value is -2.95. The molecule has 4 aliphatic rings. The lowest BCUT2D eigenvalue weighted by Gasteiger charge is -2.36. The number of pyridine rings is 1. The minimum Gasteiger partial charge on any atom is -0.383 e. The van der Waals surface area contributed by atoms with Crippen LogP contribution in [-0.4, -0.2) is 105 Å². The first kappa shape index (κ1) is 32.0. The van der Waals surface area contributed by atoms with Gasteiger partial charge in [0.1, 0.15) is 16.7 Å². The van der Waals surface area contributed by atoms with E-state index in [-0.39, 0.29) is 28.8 Å². The molecule has 2 amide bonds. The molecule has 1 N–H and O–H groups in total. The van der Waals surface area contributed by atoms with Gasteiger partial charge in [0.15, 0.2) is 9.84 Å². The van der Waals surface area contributed by atoms with Gasteiger partial charge in [-0.3, -0.25) is 14.5 Å². The van der Waals surface area contributed by atoms with Gasteiger partial charge in [-0.15, -0.1) is 0 Å². The topological polar surface area (TPSA) is 136 Å². The Kier molecular flexibility index (Phi) is 8.78. The van der Waals surface area contributed by atoms with E-state index in [2.05, 4.69) is 26.2 Å². The Balaban J connectivity index is 1.23. The van der Waals surface area contributed by atoms with Gasteiger partial charge in [-0.1, -0.05) is 29.3 Å². The first-order chi connectivity index (χ1) is 21.5. The third-order valence-corrected chi connectivity index (χ3v) is 12.4. The van der Waals surface area contributed by atoms with E-state index in [1.807, 2.05) is 0 Å². The monoisotopic (exact) mass is 674 g/mol. The Bertz CT molecular complexity index is 1620. The molecular formula is C31H36Cl2N6O5S. The van der Waals surface area contributed by atoms with Crippen LogP contribution >= 0.6 is 23.2 Å². The molecule has 4 fully saturated rings. The maximum atomic E-state index is 14.1. The number of sulfone groups is 1. The predicted octanol–water partition coefficient (Wildman–Crippen LogP) is 2.80. The van der Waals surface area contributed by atoms with Gasteiger partial charge in [-0.05, 0) is 61.9 Å². The molecule has 6 rings (SSSR count).